The second-order valence-corrected chi connectivity index (χ2v) is 6.67. The number of hydrogen-bond donors (Lipinski definition) is 1. The van der Waals surface area contributed by atoms with Crippen molar-refractivity contribution in [2.24, 2.45) is 0 Å². The molecule has 0 atom stereocenters. The number of carbonyl (C=O) groups is 1. The van der Waals surface area contributed by atoms with Gasteiger partial charge >= 0.3 is 0 Å². The maximum Gasteiger partial charge on any atom is 0.267 e. The van der Waals surface area contributed by atoms with Crippen molar-refractivity contribution < 1.29 is 4.79 Å². The summed E-state index contributed by atoms with van der Waals surface area (Å²) in [7, 11) is 0. The molecule has 0 aliphatic heterocycles. The number of benzene rings is 2. The lowest BCUT2D eigenvalue weighted by Gasteiger charge is -2.08. The largest absolute Gasteiger partial charge is 0.320 e. The molecule has 5 heteroatoms. The van der Waals surface area contributed by atoms with Crippen LogP contribution in [0.3, 0.4) is 0 Å². The van der Waals surface area contributed by atoms with Crippen LogP contribution in [0, 0.1) is 0 Å². The standard InChI is InChI=1S/C16H12ClNOS2/c1-20-13-9-5-3-7-11(13)18-16(19)15-14(17)10-6-2-4-8-12(10)21-15/h2-9H,1H3,(H,18,19). The van der Waals surface area contributed by atoms with Crippen LogP contribution in [0.1, 0.15) is 9.67 Å². The number of para-hydroxylation sites is 1. The lowest BCUT2D eigenvalue weighted by molar-refractivity contribution is 0.103. The SMILES string of the molecule is CSc1ccccc1NC(=O)c1sc2ccccc2c1Cl. The van der Waals surface area contributed by atoms with Crippen molar-refractivity contribution in [2.45, 2.75) is 4.90 Å². The second kappa shape index (κ2) is 6.10. The lowest BCUT2D eigenvalue weighted by Crippen LogP contribution is -2.11. The number of thiophene rings is 1. The van der Waals surface area contributed by atoms with Gasteiger partial charge < -0.3 is 5.32 Å². The number of anilines is 1. The van der Waals surface area contributed by atoms with Crippen molar-refractivity contribution in [3.63, 3.8) is 0 Å². The molecule has 0 saturated carbocycles. The number of thioether (sulfide) groups is 1. The van der Waals surface area contributed by atoms with E-state index in [1.165, 1.54) is 11.3 Å². The van der Waals surface area contributed by atoms with Gasteiger partial charge in [0, 0.05) is 15.0 Å². The summed E-state index contributed by atoms with van der Waals surface area (Å²) in [6.07, 6.45) is 1.98. The van der Waals surface area contributed by atoms with E-state index in [0.717, 1.165) is 20.7 Å². The van der Waals surface area contributed by atoms with E-state index >= 15 is 0 Å². The first-order valence-electron chi connectivity index (χ1n) is 6.32. The predicted octanol–water partition coefficient (Wildman–Crippen LogP) is 5.53. The van der Waals surface area contributed by atoms with Gasteiger partial charge in [0.15, 0.2) is 0 Å². The third-order valence-corrected chi connectivity index (χ3v) is 5.57. The first-order chi connectivity index (χ1) is 10.2. The normalized spacial score (nSPS) is 10.8. The van der Waals surface area contributed by atoms with Gasteiger partial charge in [0.2, 0.25) is 0 Å². The number of rotatable bonds is 3. The molecule has 3 aromatic rings. The molecule has 0 aliphatic rings. The zero-order chi connectivity index (χ0) is 14.8. The number of nitrogens with one attached hydrogen (secondary N) is 1. The lowest BCUT2D eigenvalue weighted by atomic mass is 10.2. The number of halogens is 1. The van der Waals surface area contributed by atoms with Crippen LogP contribution in [0.4, 0.5) is 5.69 Å². The van der Waals surface area contributed by atoms with Gasteiger partial charge in [0.25, 0.3) is 5.91 Å². The van der Waals surface area contributed by atoms with E-state index in [2.05, 4.69) is 5.32 Å². The van der Waals surface area contributed by atoms with Crippen LogP contribution in [-0.2, 0) is 0 Å². The maximum atomic E-state index is 12.5. The number of hydrogen-bond acceptors (Lipinski definition) is 3. The van der Waals surface area contributed by atoms with Gasteiger partial charge in [-0.3, -0.25) is 4.79 Å². The van der Waals surface area contributed by atoms with Crippen LogP contribution in [0.15, 0.2) is 53.4 Å². The smallest absolute Gasteiger partial charge is 0.267 e. The summed E-state index contributed by atoms with van der Waals surface area (Å²) in [4.78, 5) is 14.1. The van der Waals surface area contributed by atoms with Crippen molar-refractivity contribution in [1.82, 2.24) is 0 Å². The Labute approximate surface area is 136 Å². The third-order valence-electron chi connectivity index (χ3n) is 3.10. The topological polar surface area (TPSA) is 29.1 Å². The van der Waals surface area contributed by atoms with Gasteiger partial charge in [-0.05, 0) is 24.5 Å². The molecule has 0 saturated heterocycles. The van der Waals surface area contributed by atoms with E-state index < -0.39 is 0 Å². The van der Waals surface area contributed by atoms with Crippen LogP contribution in [0.25, 0.3) is 10.1 Å². The minimum Gasteiger partial charge on any atom is -0.320 e. The summed E-state index contributed by atoms with van der Waals surface area (Å²) < 4.78 is 1.02. The van der Waals surface area contributed by atoms with E-state index in [9.17, 15) is 4.79 Å². The number of carbonyl (C=O) groups excluding carboxylic acids is 1. The summed E-state index contributed by atoms with van der Waals surface area (Å²) in [5, 5.41) is 4.39. The van der Waals surface area contributed by atoms with Gasteiger partial charge in [-0.1, -0.05) is 41.9 Å². The molecule has 0 radical (unpaired) electrons. The summed E-state index contributed by atoms with van der Waals surface area (Å²) >= 11 is 9.35. The molecule has 3 rings (SSSR count). The van der Waals surface area contributed by atoms with Crippen LogP contribution in [0.5, 0.6) is 0 Å². The fraction of sp³-hybridized carbons (Fsp3) is 0.0625. The maximum absolute atomic E-state index is 12.5. The van der Waals surface area contributed by atoms with Crippen molar-refractivity contribution in [1.29, 1.82) is 0 Å². The molecule has 1 N–H and O–H groups in total. The quantitative estimate of drug-likeness (QED) is 0.638. The average molecular weight is 334 g/mol. The summed E-state index contributed by atoms with van der Waals surface area (Å²) in [6, 6.07) is 15.5. The molecule has 106 valence electrons. The molecule has 1 amide bonds. The molecule has 2 aromatic carbocycles. The highest BCUT2D eigenvalue weighted by molar-refractivity contribution is 7.98. The van der Waals surface area contributed by atoms with Gasteiger partial charge in [0.1, 0.15) is 4.88 Å². The first kappa shape index (κ1) is 14.4. The summed E-state index contributed by atoms with van der Waals surface area (Å²) in [5.74, 6) is -0.164. The van der Waals surface area contributed by atoms with Crippen molar-refractivity contribution in [3.05, 3.63) is 58.4 Å². The Balaban J connectivity index is 1.96. The Morgan fingerprint density at radius 2 is 1.86 bits per heavy atom. The van der Waals surface area contributed by atoms with Crippen LogP contribution < -0.4 is 5.32 Å². The summed E-state index contributed by atoms with van der Waals surface area (Å²) in [5.41, 5.74) is 0.809. The molecule has 0 unspecified atom stereocenters. The monoisotopic (exact) mass is 333 g/mol. The second-order valence-electron chi connectivity index (χ2n) is 4.40. The minimum atomic E-state index is -0.164. The summed E-state index contributed by atoms with van der Waals surface area (Å²) in [6.45, 7) is 0. The van der Waals surface area contributed by atoms with E-state index in [1.807, 2.05) is 54.8 Å². The average Bonchev–Trinajstić information content (AvgIpc) is 2.85. The molecule has 1 heterocycles. The Kier molecular flexibility index (Phi) is 4.19. The molecular formula is C16H12ClNOS2. The van der Waals surface area contributed by atoms with Crippen LogP contribution >= 0.6 is 34.7 Å². The molecule has 0 fully saturated rings. The molecule has 0 aliphatic carbocycles. The number of amides is 1. The third kappa shape index (κ3) is 2.79. The molecule has 21 heavy (non-hydrogen) atoms. The molecule has 0 bridgehead atoms. The van der Waals surface area contributed by atoms with Crippen molar-refractivity contribution in [2.75, 3.05) is 11.6 Å². The van der Waals surface area contributed by atoms with Crippen molar-refractivity contribution >= 4 is 56.4 Å². The van der Waals surface area contributed by atoms with Crippen LogP contribution in [-0.4, -0.2) is 12.2 Å². The van der Waals surface area contributed by atoms with E-state index in [4.69, 9.17) is 11.6 Å². The van der Waals surface area contributed by atoms with E-state index in [0.29, 0.717) is 9.90 Å². The minimum absolute atomic E-state index is 0.164. The van der Waals surface area contributed by atoms with Gasteiger partial charge in [-0.15, -0.1) is 23.1 Å². The Bertz CT molecular complexity index is 813. The number of fused-ring (bicyclic) bond motifs is 1. The Morgan fingerprint density at radius 3 is 2.62 bits per heavy atom. The molecular weight excluding hydrogens is 322 g/mol. The highest BCUT2D eigenvalue weighted by atomic mass is 35.5. The first-order valence-corrected chi connectivity index (χ1v) is 8.74. The van der Waals surface area contributed by atoms with Crippen molar-refractivity contribution in [3.8, 4) is 0 Å². The van der Waals surface area contributed by atoms with E-state index in [-0.39, 0.29) is 5.91 Å². The molecule has 1 aromatic heterocycles. The Morgan fingerprint density at radius 1 is 1.14 bits per heavy atom. The predicted molar refractivity (Wildman–Crippen MR) is 93.0 cm³/mol. The van der Waals surface area contributed by atoms with E-state index in [1.54, 1.807) is 11.8 Å². The zero-order valence-corrected chi connectivity index (χ0v) is 13.6. The van der Waals surface area contributed by atoms with Gasteiger partial charge in [-0.2, -0.15) is 0 Å². The molecule has 2 nitrogen and oxygen atoms in total. The van der Waals surface area contributed by atoms with Gasteiger partial charge in [-0.25, -0.2) is 0 Å². The van der Waals surface area contributed by atoms with Gasteiger partial charge in [0.05, 0.1) is 10.7 Å². The fourth-order valence-electron chi connectivity index (χ4n) is 2.09. The highest BCUT2D eigenvalue weighted by Gasteiger charge is 2.17. The fourth-order valence-corrected chi connectivity index (χ4v) is 4.05. The van der Waals surface area contributed by atoms with Crippen LogP contribution in [0.2, 0.25) is 5.02 Å². The molecule has 0 spiro atoms. The Hall–Kier alpha value is -1.49. The highest BCUT2D eigenvalue weighted by Crippen LogP contribution is 2.36. The zero-order valence-electron chi connectivity index (χ0n) is 11.2.